The molecule has 2 rings (SSSR count). The third-order valence-electron chi connectivity index (χ3n) is 5.01. The molecule has 0 aromatic heterocycles. The third kappa shape index (κ3) is 7.46. The van der Waals surface area contributed by atoms with Crippen LogP contribution in [0.4, 0.5) is 13.2 Å². The van der Waals surface area contributed by atoms with Crippen molar-refractivity contribution >= 4 is 5.96 Å². The second kappa shape index (κ2) is 11.1. The lowest BCUT2D eigenvalue weighted by atomic mass is 10.2. The van der Waals surface area contributed by atoms with E-state index >= 15 is 0 Å². The molecule has 0 bridgehead atoms. The van der Waals surface area contributed by atoms with E-state index in [9.17, 15) is 13.2 Å². The van der Waals surface area contributed by atoms with Crippen molar-refractivity contribution in [3.8, 4) is 0 Å². The van der Waals surface area contributed by atoms with Gasteiger partial charge in [-0.1, -0.05) is 0 Å². The molecule has 2 aliphatic heterocycles. The molecule has 1 N–H and O–H groups in total. The van der Waals surface area contributed by atoms with E-state index in [4.69, 9.17) is 9.47 Å². The average Bonchev–Trinajstić information content (AvgIpc) is 3.16. The Balaban J connectivity index is 1.70. The number of piperazine rings is 1. The minimum atomic E-state index is -4.18. The van der Waals surface area contributed by atoms with Crippen LogP contribution in [0.1, 0.15) is 33.1 Å². The van der Waals surface area contributed by atoms with Crippen molar-refractivity contribution < 1.29 is 22.6 Å². The first kappa shape index (κ1) is 22.2. The zero-order valence-electron chi connectivity index (χ0n) is 16.4. The first-order valence-electron chi connectivity index (χ1n) is 9.95. The van der Waals surface area contributed by atoms with Crippen molar-refractivity contribution in [3.63, 3.8) is 0 Å². The van der Waals surface area contributed by atoms with Gasteiger partial charge >= 0.3 is 6.18 Å². The topological polar surface area (TPSA) is 49.3 Å². The van der Waals surface area contributed by atoms with E-state index in [1.54, 1.807) is 0 Å². The van der Waals surface area contributed by atoms with E-state index in [1.807, 2.05) is 11.8 Å². The monoisotopic (exact) mass is 394 g/mol. The number of nitrogens with zero attached hydrogens (tertiary/aromatic N) is 3. The van der Waals surface area contributed by atoms with Crippen molar-refractivity contribution in [2.75, 3.05) is 59.1 Å². The summed E-state index contributed by atoms with van der Waals surface area (Å²) in [5.41, 5.74) is 0. The zero-order valence-corrected chi connectivity index (χ0v) is 16.4. The Morgan fingerprint density at radius 2 is 2.04 bits per heavy atom. The highest BCUT2D eigenvalue weighted by atomic mass is 19.4. The number of nitrogens with one attached hydrogen (secondary N) is 1. The summed E-state index contributed by atoms with van der Waals surface area (Å²) in [6, 6.07) is -1.40. The summed E-state index contributed by atoms with van der Waals surface area (Å²) in [7, 11) is 0. The molecule has 2 heterocycles. The normalized spacial score (nSPS) is 23.7. The highest BCUT2D eigenvalue weighted by Crippen LogP contribution is 2.25. The summed E-state index contributed by atoms with van der Waals surface area (Å²) < 4.78 is 49.7. The van der Waals surface area contributed by atoms with Gasteiger partial charge in [0.15, 0.2) is 5.96 Å². The molecule has 0 saturated carbocycles. The number of hydrogen-bond donors (Lipinski definition) is 1. The Hall–Kier alpha value is -1.06. The van der Waals surface area contributed by atoms with Gasteiger partial charge in [-0.15, -0.1) is 0 Å². The molecule has 2 saturated heterocycles. The fraction of sp³-hybridized carbons (Fsp3) is 0.944. The Morgan fingerprint density at radius 3 is 2.63 bits per heavy atom. The lowest BCUT2D eigenvalue weighted by Gasteiger charge is -2.39. The molecule has 2 atom stereocenters. The van der Waals surface area contributed by atoms with Crippen LogP contribution in [0.5, 0.6) is 0 Å². The van der Waals surface area contributed by atoms with Crippen LogP contribution >= 0.6 is 0 Å². The molecule has 2 aliphatic rings. The van der Waals surface area contributed by atoms with Crippen LogP contribution in [0.3, 0.4) is 0 Å². The number of halogens is 3. The van der Waals surface area contributed by atoms with Gasteiger partial charge in [0, 0.05) is 52.5 Å². The summed E-state index contributed by atoms with van der Waals surface area (Å²) in [5.74, 6) is 0.774. The predicted molar refractivity (Wildman–Crippen MR) is 99.1 cm³/mol. The number of alkyl halides is 3. The fourth-order valence-corrected chi connectivity index (χ4v) is 3.30. The maximum absolute atomic E-state index is 12.9. The number of rotatable bonds is 8. The SMILES string of the molecule is CCNC(=NCCCOCC1CCCO1)N1CCN(C(C)C(F)(F)F)CC1. The van der Waals surface area contributed by atoms with Crippen LogP contribution in [0.25, 0.3) is 0 Å². The van der Waals surface area contributed by atoms with Crippen molar-refractivity contribution in [3.05, 3.63) is 0 Å². The summed E-state index contributed by atoms with van der Waals surface area (Å²) in [4.78, 5) is 8.13. The van der Waals surface area contributed by atoms with Crippen LogP contribution in [-0.4, -0.2) is 93.2 Å². The molecule has 0 aromatic carbocycles. The third-order valence-corrected chi connectivity index (χ3v) is 5.01. The first-order chi connectivity index (χ1) is 12.9. The molecular formula is C18H33F3N4O2. The Morgan fingerprint density at radius 1 is 1.30 bits per heavy atom. The quantitative estimate of drug-likeness (QED) is 0.388. The van der Waals surface area contributed by atoms with Crippen LogP contribution in [0.15, 0.2) is 4.99 Å². The number of guanidine groups is 1. The lowest BCUT2D eigenvalue weighted by Crippen LogP contribution is -2.56. The fourth-order valence-electron chi connectivity index (χ4n) is 3.30. The van der Waals surface area contributed by atoms with E-state index < -0.39 is 12.2 Å². The largest absolute Gasteiger partial charge is 0.403 e. The summed E-state index contributed by atoms with van der Waals surface area (Å²) in [5, 5.41) is 3.24. The minimum Gasteiger partial charge on any atom is -0.379 e. The van der Waals surface area contributed by atoms with Crippen LogP contribution in [-0.2, 0) is 9.47 Å². The molecule has 0 aromatic rings. The molecular weight excluding hydrogens is 361 g/mol. The van der Waals surface area contributed by atoms with Crippen LogP contribution in [0, 0.1) is 0 Å². The van der Waals surface area contributed by atoms with E-state index in [0.29, 0.717) is 45.9 Å². The molecule has 0 spiro atoms. The molecule has 158 valence electrons. The molecule has 6 nitrogen and oxygen atoms in total. The number of hydrogen-bond acceptors (Lipinski definition) is 4. The maximum atomic E-state index is 12.9. The van der Waals surface area contributed by atoms with Gasteiger partial charge < -0.3 is 19.7 Å². The van der Waals surface area contributed by atoms with Gasteiger partial charge in [-0.2, -0.15) is 13.2 Å². The summed E-state index contributed by atoms with van der Waals surface area (Å²) in [6.45, 7) is 8.55. The Labute approximate surface area is 160 Å². The van der Waals surface area contributed by atoms with Gasteiger partial charge in [0.1, 0.15) is 6.04 Å². The number of aliphatic imine (C=N–C) groups is 1. The van der Waals surface area contributed by atoms with E-state index in [0.717, 1.165) is 38.4 Å². The highest BCUT2D eigenvalue weighted by molar-refractivity contribution is 5.80. The van der Waals surface area contributed by atoms with Gasteiger partial charge in [-0.25, -0.2) is 0 Å². The van der Waals surface area contributed by atoms with E-state index in [2.05, 4.69) is 10.3 Å². The van der Waals surface area contributed by atoms with Crippen LogP contribution in [0.2, 0.25) is 0 Å². The molecule has 9 heteroatoms. The van der Waals surface area contributed by atoms with Crippen molar-refractivity contribution in [2.24, 2.45) is 4.99 Å². The smallest absolute Gasteiger partial charge is 0.379 e. The van der Waals surface area contributed by atoms with Gasteiger partial charge in [0.2, 0.25) is 0 Å². The van der Waals surface area contributed by atoms with Crippen molar-refractivity contribution in [2.45, 2.75) is 51.4 Å². The minimum absolute atomic E-state index is 0.237. The van der Waals surface area contributed by atoms with E-state index in [-0.39, 0.29) is 6.10 Å². The van der Waals surface area contributed by atoms with E-state index in [1.165, 1.54) is 11.8 Å². The molecule has 2 unspecified atom stereocenters. The second-order valence-corrected chi connectivity index (χ2v) is 7.04. The average molecular weight is 394 g/mol. The molecule has 0 aliphatic carbocycles. The molecule has 27 heavy (non-hydrogen) atoms. The van der Waals surface area contributed by atoms with Gasteiger partial charge in [0.05, 0.1) is 12.7 Å². The molecule has 0 amide bonds. The predicted octanol–water partition coefficient (Wildman–Crippen LogP) is 2.11. The van der Waals surface area contributed by atoms with Crippen LogP contribution < -0.4 is 5.32 Å². The number of ether oxygens (including phenoxy) is 2. The Bertz CT molecular complexity index is 448. The standard InChI is InChI=1S/C18H33F3N4O2/c1-3-22-17(23-7-5-12-26-14-16-6-4-13-27-16)25-10-8-24(9-11-25)15(2)18(19,20)21/h15-16H,3-14H2,1-2H3,(H,22,23). The molecule has 2 fully saturated rings. The second-order valence-electron chi connectivity index (χ2n) is 7.04. The zero-order chi connectivity index (χ0) is 19.7. The van der Waals surface area contributed by atoms with Crippen molar-refractivity contribution in [1.82, 2.24) is 15.1 Å². The summed E-state index contributed by atoms with van der Waals surface area (Å²) in [6.07, 6.45) is -0.945. The Kier molecular flexibility index (Phi) is 9.11. The lowest BCUT2D eigenvalue weighted by molar-refractivity contribution is -0.181. The van der Waals surface area contributed by atoms with Gasteiger partial charge in [0.25, 0.3) is 0 Å². The highest BCUT2D eigenvalue weighted by Gasteiger charge is 2.41. The summed E-state index contributed by atoms with van der Waals surface area (Å²) >= 11 is 0. The van der Waals surface area contributed by atoms with Gasteiger partial charge in [-0.05, 0) is 33.1 Å². The van der Waals surface area contributed by atoms with Crippen molar-refractivity contribution in [1.29, 1.82) is 0 Å². The molecule has 0 radical (unpaired) electrons. The maximum Gasteiger partial charge on any atom is 0.403 e. The van der Waals surface area contributed by atoms with Gasteiger partial charge in [-0.3, -0.25) is 9.89 Å². The first-order valence-corrected chi connectivity index (χ1v) is 9.95.